The normalized spacial score (nSPS) is 12.7. The molecule has 0 saturated carbocycles. The minimum absolute atomic E-state index is 0.0900. The standard InChI is InChI=1S/C57H41NO/c1-57(2)51-28-13-11-24-46(51)47-33-31-41(36-52(47)57)40-21-15-22-42(35-40)58(43-32-34-55-50(37-43)48-25-12-14-30-54(48)59-55)53-29-16-27-45(39-19-7-4-8-20-39)56(53)49-26-10-9-23-44(49)38-17-5-3-6-18-38/h3-37H,1-2H3. The van der Waals surface area contributed by atoms with Gasteiger partial charge in [-0.05, 0) is 110 Å². The van der Waals surface area contributed by atoms with Gasteiger partial charge in [-0.1, -0.05) is 178 Å². The molecule has 2 nitrogen and oxygen atoms in total. The summed E-state index contributed by atoms with van der Waals surface area (Å²) in [5.41, 5.74) is 19.7. The largest absolute Gasteiger partial charge is 0.456 e. The van der Waals surface area contributed by atoms with Crippen LogP contribution in [0, 0.1) is 0 Å². The fraction of sp³-hybridized carbons (Fsp3) is 0.0526. The minimum Gasteiger partial charge on any atom is -0.456 e. The van der Waals surface area contributed by atoms with Gasteiger partial charge >= 0.3 is 0 Å². The van der Waals surface area contributed by atoms with E-state index in [4.69, 9.17) is 4.42 Å². The van der Waals surface area contributed by atoms with Crippen molar-refractivity contribution in [2.24, 2.45) is 0 Å². The van der Waals surface area contributed by atoms with Gasteiger partial charge in [0.05, 0.1) is 5.69 Å². The molecule has 59 heavy (non-hydrogen) atoms. The Morgan fingerprint density at radius 1 is 0.356 bits per heavy atom. The van der Waals surface area contributed by atoms with Crippen LogP contribution < -0.4 is 4.90 Å². The van der Waals surface area contributed by atoms with Crippen LogP contribution in [0.5, 0.6) is 0 Å². The Hall–Kier alpha value is -7.42. The Morgan fingerprint density at radius 3 is 1.75 bits per heavy atom. The molecule has 0 radical (unpaired) electrons. The predicted molar refractivity (Wildman–Crippen MR) is 248 cm³/mol. The molecule has 0 atom stereocenters. The number of anilines is 3. The van der Waals surface area contributed by atoms with E-state index in [2.05, 4.69) is 225 Å². The molecule has 1 aliphatic rings. The van der Waals surface area contributed by atoms with Crippen LogP contribution in [-0.4, -0.2) is 0 Å². The third-order valence-electron chi connectivity index (χ3n) is 12.3. The van der Waals surface area contributed by atoms with Crippen molar-refractivity contribution in [3.63, 3.8) is 0 Å². The van der Waals surface area contributed by atoms with Gasteiger partial charge in [0.15, 0.2) is 0 Å². The lowest BCUT2D eigenvalue weighted by Crippen LogP contribution is -2.15. The van der Waals surface area contributed by atoms with Gasteiger partial charge in [0.25, 0.3) is 0 Å². The van der Waals surface area contributed by atoms with Crippen molar-refractivity contribution >= 4 is 39.0 Å². The van der Waals surface area contributed by atoms with Crippen LogP contribution in [0.1, 0.15) is 25.0 Å². The summed E-state index contributed by atoms with van der Waals surface area (Å²) in [6.45, 7) is 4.70. The highest BCUT2D eigenvalue weighted by atomic mass is 16.3. The molecule has 10 aromatic rings. The molecule has 11 rings (SSSR count). The summed E-state index contributed by atoms with van der Waals surface area (Å²) in [7, 11) is 0. The molecule has 1 heterocycles. The van der Waals surface area contributed by atoms with E-state index in [9.17, 15) is 0 Å². The fourth-order valence-corrected chi connectivity index (χ4v) is 9.43. The Labute approximate surface area is 345 Å². The van der Waals surface area contributed by atoms with Crippen LogP contribution >= 0.6 is 0 Å². The first-order valence-electron chi connectivity index (χ1n) is 20.4. The second-order valence-corrected chi connectivity index (χ2v) is 16.1. The van der Waals surface area contributed by atoms with E-state index in [1.165, 1.54) is 61.2 Å². The van der Waals surface area contributed by atoms with E-state index in [0.29, 0.717) is 0 Å². The second-order valence-electron chi connectivity index (χ2n) is 16.1. The maximum atomic E-state index is 6.37. The van der Waals surface area contributed by atoms with Crippen LogP contribution in [0.2, 0.25) is 0 Å². The van der Waals surface area contributed by atoms with Crippen LogP contribution in [-0.2, 0) is 5.41 Å². The smallest absolute Gasteiger partial charge is 0.135 e. The van der Waals surface area contributed by atoms with Crippen LogP contribution in [0.25, 0.3) is 77.6 Å². The summed E-state index contributed by atoms with van der Waals surface area (Å²) in [4.78, 5) is 2.45. The molecule has 0 aliphatic heterocycles. The molecule has 0 bridgehead atoms. The van der Waals surface area contributed by atoms with Crippen molar-refractivity contribution in [3.05, 3.63) is 223 Å². The molecule has 2 heteroatoms. The minimum atomic E-state index is -0.0900. The molecular formula is C57H41NO. The van der Waals surface area contributed by atoms with Gasteiger partial charge in [0.2, 0.25) is 0 Å². The molecule has 1 aromatic heterocycles. The van der Waals surface area contributed by atoms with Crippen LogP contribution in [0.15, 0.2) is 217 Å². The maximum absolute atomic E-state index is 6.37. The Balaban J connectivity index is 1.17. The van der Waals surface area contributed by atoms with Gasteiger partial charge in [0, 0.05) is 33.1 Å². The van der Waals surface area contributed by atoms with Crippen molar-refractivity contribution < 1.29 is 4.42 Å². The van der Waals surface area contributed by atoms with E-state index in [1.54, 1.807) is 0 Å². The Morgan fingerprint density at radius 2 is 0.932 bits per heavy atom. The molecule has 0 unspecified atom stereocenters. The van der Waals surface area contributed by atoms with E-state index >= 15 is 0 Å². The van der Waals surface area contributed by atoms with E-state index in [-0.39, 0.29) is 5.41 Å². The maximum Gasteiger partial charge on any atom is 0.135 e. The lowest BCUT2D eigenvalue weighted by molar-refractivity contribution is 0.660. The average molecular weight is 756 g/mol. The average Bonchev–Trinajstić information content (AvgIpc) is 3.78. The summed E-state index contributed by atoms with van der Waals surface area (Å²) in [5.74, 6) is 0. The fourth-order valence-electron chi connectivity index (χ4n) is 9.43. The predicted octanol–water partition coefficient (Wildman–Crippen LogP) is 16.0. The van der Waals surface area contributed by atoms with Crippen molar-refractivity contribution in [2.75, 3.05) is 4.90 Å². The van der Waals surface area contributed by atoms with Gasteiger partial charge in [-0.3, -0.25) is 0 Å². The van der Waals surface area contributed by atoms with Crippen molar-refractivity contribution in [2.45, 2.75) is 19.3 Å². The number of nitrogens with zero attached hydrogens (tertiary/aromatic N) is 1. The topological polar surface area (TPSA) is 16.4 Å². The highest BCUT2D eigenvalue weighted by molar-refractivity contribution is 6.08. The summed E-state index contributed by atoms with van der Waals surface area (Å²) >= 11 is 0. The summed E-state index contributed by atoms with van der Waals surface area (Å²) < 4.78 is 6.37. The number of rotatable bonds is 7. The zero-order valence-corrected chi connectivity index (χ0v) is 33.1. The van der Waals surface area contributed by atoms with Gasteiger partial charge in [0.1, 0.15) is 11.2 Å². The van der Waals surface area contributed by atoms with Gasteiger partial charge in [-0.2, -0.15) is 0 Å². The summed E-state index contributed by atoms with van der Waals surface area (Å²) in [6.07, 6.45) is 0. The van der Waals surface area contributed by atoms with Crippen molar-refractivity contribution in [3.8, 4) is 55.6 Å². The molecule has 0 saturated heterocycles. The lowest BCUT2D eigenvalue weighted by atomic mass is 9.81. The van der Waals surface area contributed by atoms with E-state index in [1.807, 2.05) is 6.07 Å². The number of para-hydroxylation sites is 1. The Bertz CT molecular complexity index is 3190. The van der Waals surface area contributed by atoms with E-state index < -0.39 is 0 Å². The third-order valence-corrected chi connectivity index (χ3v) is 12.3. The zero-order valence-electron chi connectivity index (χ0n) is 33.1. The molecule has 0 amide bonds. The zero-order chi connectivity index (χ0) is 39.5. The lowest BCUT2D eigenvalue weighted by Gasteiger charge is -2.30. The van der Waals surface area contributed by atoms with Gasteiger partial charge < -0.3 is 9.32 Å². The first kappa shape index (κ1) is 34.8. The summed E-state index contributed by atoms with van der Waals surface area (Å²) in [5, 5.41) is 2.19. The van der Waals surface area contributed by atoms with Crippen molar-refractivity contribution in [1.29, 1.82) is 0 Å². The highest BCUT2D eigenvalue weighted by Crippen LogP contribution is 2.51. The first-order valence-corrected chi connectivity index (χ1v) is 20.4. The molecule has 1 aliphatic carbocycles. The van der Waals surface area contributed by atoms with Gasteiger partial charge in [-0.25, -0.2) is 0 Å². The number of hydrogen-bond donors (Lipinski definition) is 0. The van der Waals surface area contributed by atoms with E-state index in [0.717, 1.165) is 44.6 Å². The molecular weight excluding hydrogens is 715 g/mol. The highest BCUT2D eigenvalue weighted by Gasteiger charge is 2.35. The molecule has 0 N–H and O–H groups in total. The first-order chi connectivity index (χ1) is 29.0. The third kappa shape index (κ3) is 5.79. The summed E-state index contributed by atoms with van der Waals surface area (Å²) in [6, 6.07) is 77.0. The number of fused-ring (bicyclic) bond motifs is 6. The van der Waals surface area contributed by atoms with Gasteiger partial charge in [-0.15, -0.1) is 0 Å². The SMILES string of the molecule is CC1(C)c2ccccc2-c2ccc(-c3cccc(N(c4ccc5oc6ccccc6c5c4)c4cccc(-c5ccccc5)c4-c4ccccc4-c4ccccc4)c3)cc21. The molecule has 0 fully saturated rings. The van der Waals surface area contributed by atoms with Crippen LogP contribution in [0.4, 0.5) is 17.1 Å². The molecule has 9 aromatic carbocycles. The number of furan rings is 1. The quantitative estimate of drug-likeness (QED) is 0.161. The molecule has 280 valence electrons. The number of hydrogen-bond acceptors (Lipinski definition) is 2. The molecule has 0 spiro atoms. The van der Waals surface area contributed by atoms with Crippen LogP contribution in [0.3, 0.4) is 0 Å². The monoisotopic (exact) mass is 755 g/mol. The second kappa shape index (κ2) is 13.9. The Kier molecular flexibility index (Phi) is 8.20. The van der Waals surface area contributed by atoms with Crippen molar-refractivity contribution in [1.82, 2.24) is 0 Å². The number of benzene rings is 9.